The van der Waals surface area contributed by atoms with Crippen molar-refractivity contribution in [2.75, 3.05) is 12.8 Å². The maximum Gasteiger partial charge on any atom is 0.262 e. The minimum absolute atomic E-state index is 0.153. The molecular weight excluding hydrogens is 431 g/mol. The van der Waals surface area contributed by atoms with Crippen molar-refractivity contribution in [1.82, 2.24) is 24.5 Å². The van der Waals surface area contributed by atoms with Crippen LogP contribution in [-0.4, -0.2) is 37.9 Å². The van der Waals surface area contributed by atoms with Crippen molar-refractivity contribution < 1.29 is 9.18 Å². The van der Waals surface area contributed by atoms with Gasteiger partial charge in [-0.25, -0.2) is 4.39 Å². The Morgan fingerprint density at radius 1 is 1.22 bits per heavy atom. The molecule has 2 aromatic heterocycles. The van der Waals surface area contributed by atoms with Gasteiger partial charge in [0.25, 0.3) is 5.56 Å². The Morgan fingerprint density at radius 2 is 2.00 bits per heavy atom. The number of carbonyl (C=O) groups excluding carboxylic acids is 1. The maximum absolute atomic E-state index is 14.5. The number of halogens is 1. The first kappa shape index (κ1) is 21.5. The fraction of sp³-hybridized carbons (Fsp3) is 0.227. The van der Waals surface area contributed by atoms with E-state index in [0.717, 1.165) is 5.56 Å². The molecule has 0 atom stereocenters. The first-order valence-corrected chi connectivity index (χ1v) is 11.1. The summed E-state index contributed by atoms with van der Waals surface area (Å²) >= 11 is 1.31. The van der Waals surface area contributed by atoms with E-state index in [-0.39, 0.29) is 34.6 Å². The highest BCUT2D eigenvalue weighted by Crippen LogP contribution is 2.22. The summed E-state index contributed by atoms with van der Waals surface area (Å²) in [6.45, 7) is 0.650. The van der Waals surface area contributed by atoms with Gasteiger partial charge in [0.15, 0.2) is 5.16 Å². The molecule has 0 saturated heterocycles. The van der Waals surface area contributed by atoms with E-state index in [2.05, 4.69) is 15.5 Å². The van der Waals surface area contributed by atoms with Crippen LogP contribution < -0.4 is 10.9 Å². The second-order valence-electron chi connectivity index (χ2n) is 7.10. The molecule has 32 heavy (non-hydrogen) atoms. The van der Waals surface area contributed by atoms with Crippen LogP contribution in [0.2, 0.25) is 0 Å². The molecule has 0 radical (unpaired) electrons. The molecule has 4 aromatic rings. The normalized spacial score (nSPS) is 11.0. The summed E-state index contributed by atoms with van der Waals surface area (Å²) in [4.78, 5) is 25.2. The first-order chi connectivity index (χ1) is 15.5. The first-order valence-electron chi connectivity index (χ1n) is 9.89. The number of amides is 1. The maximum atomic E-state index is 14.5. The molecule has 162 valence electrons. The smallest absolute Gasteiger partial charge is 0.262 e. The summed E-state index contributed by atoms with van der Waals surface area (Å²) < 4.78 is 17.6. The third-order valence-corrected chi connectivity index (χ3v) is 5.68. The second kappa shape index (κ2) is 9.20. The minimum atomic E-state index is -0.512. The Labute approximate surface area is 186 Å². The summed E-state index contributed by atoms with van der Waals surface area (Å²) in [7, 11) is 0. The number of aromatic nitrogens is 4. The van der Waals surface area contributed by atoms with Gasteiger partial charge in [-0.15, -0.1) is 10.2 Å². The van der Waals surface area contributed by atoms with Gasteiger partial charge in [-0.3, -0.25) is 18.6 Å². The van der Waals surface area contributed by atoms with E-state index in [9.17, 15) is 14.0 Å². The van der Waals surface area contributed by atoms with Gasteiger partial charge in [0.2, 0.25) is 11.7 Å². The third kappa shape index (κ3) is 4.07. The predicted octanol–water partition coefficient (Wildman–Crippen LogP) is 2.53. The van der Waals surface area contributed by atoms with Crippen molar-refractivity contribution >= 4 is 34.3 Å². The SMILES string of the molecule is CSc1nnc2n(CCCNC(=O)Cc3ccc(C#N)cc3)c(=O)c3cccc(F)c3n12. The molecule has 0 fully saturated rings. The van der Waals surface area contributed by atoms with Gasteiger partial charge in [-0.1, -0.05) is 30.0 Å². The van der Waals surface area contributed by atoms with Crippen LogP contribution in [-0.2, 0) is 17.8 Å². The number of fused-ring (bicyclic) bond motifs is 3. The Hall–Kier alpha value is -3.71. The van der Waals surface area contributed by atoms with Crippen molar-refractivity contribution in [1.29, 1.82) is 5.26 Å². The summed E-state index contributed by atoms with van der Waals surface area (Å²) in [6, 6.07) is 13.3. The zero-order valence-corrected chi connectivity index (χ0v) is 18.0. The van der Waals surface area contributed by atoms with Gasteiger partial charge in [0, 0.05) is 13.1 Å². The van der Waals surface area contributed by atoms with Crippen LogP contribution >= 0.6 is 11.8 Å². The van der Waals surface area contributed by atoms with Gasteiger partial charge < -0.3 is 5.32 Å². The largest absolute Gasteiger partial charge is 0.356 e. The monoisotopic (exact) mass is 450 g/mol. The lowest BCUT2D eigenvalue weighted by atomic mass is 10.1. The van der Waals surface area contributed by atoms with E-state index in [1.54, 1.807) is 34.7 Å². The molecule has 0 bridgehead atoms. The van der Waals surface area contributed by atoms with Crippen LogP contribution in [0.15, 0.2) is 52.4 Å². The number of nitrogens with one attached hydrogen (secondary N) is 1. The van der Waals surface area contributed by atoms with Gasteiger partial charge in [-0.05, 0) is 42.5 Å². The molecule has 0 saturated carbocycles. The lowest BCUT2D eigenvalue weighted by Gasteiger charge is -2.12. The Kier molecular flexibility index (Phi) is 6.18. The van der Waals surface area contributed by atoms with Crippen LogP contribution in [0.25, 0.3) is 16.7 Å². The highest BCUT2D eigenvalue weighted by Gasteiger charge is 2.18. The number of thioether (sulfide) groups is 1. The van der Waals surface area contributed by atoms with Crippen LogP contribution in [0, 0.1) is 17.1 Å². The topological polar surface area (TPSA) is 105 Å². The van der Waals surface area contributed by atoms with E-state index in [0.29, 0.717) is 30.2 Å². The fourth-order valence-corrected chi connectivity index (χ4v) is 4.01. The predicted molar refractivity (Wildman–Crippen MR) is 119 cm³/mol. The summed E-state index contributed by atoms with van der Waals surface area (Å²) in [5.74, 6) is -0.400. The molecule has 0 spiro atoms. The van der Waals surface area contributed by atoms with Crippen molar-refractivity contribution in [3.8, 4) is 6.07 Å². The zero-order valence-electron chi connectivity index (χ0n) is 17.2. The highest BCUT2D eigenvalue weighted by atomic mass is 32.2. The van der Waals surface area contributed by atoms with Gasteiger partial charge >= 0.3 is 0 Å². The Bertz CT molecular complexity index is 1400. The minimum Gasteiger partial charge on any atom is -0.356 e. The fourth-order valence-electron chi connectivity index (χ4n) is 3.53. The molecular formula is C22H19FN6O2S. The van der Waals surface area contributed by atoms with Crippen LogP contribution in [0.4, 0.5) is 4.39 Å². The lowest BCUT2D eigenvalue weighted by molar-refractivity contribution is -0.120. The number of aryl methyl sites for hydroxylation is 1. The van der Waals surface area contributed by atoms with Crippen LogP contribution in [0.1, 0.15) is 17.5 Å². The molecule has 0 aliphatic carbocycles. The number of nitriles is 1. The number of para-hydroxylation sites is 1. The average molecular weight is 450 g/mol. The third-order valence-electron chi connectivity index (χ3n) is 5.05. The molecule has 4 rings (SSSR count). The zero-order chi connectivity index (χ0) is 22.7. The molecule has 0 unspecified atom stereocenters. The van der Waals surface area contributed by atoms with E-state index in [1.165, 1.54) is 28.5 Å². The summed E-state index contributed by atoms with van der Waals surface area (Å²) in [5, 5.41) is 20.6. The molecule has 2 aromatic carbocycles. The second-order valence-corrected chi connectivity index (χ2v) is 7.88. The van der Waals surface area contributed by atoms with E-state index in [1.807, 2.05) is 12.3 Å². The molecule has 0 aliphatic heterocycles. The van der Waals surface area contributed by atoms with Crippen LogP contribution in [0.5, 0.6) is 0 Å². The Balaban J connectivity index is 1.49. The molecule has 10 heteroatoms. The molecule has 0 aliphatic rings. The molecule has 2 heterocycles. The number of carbonyl (C=O) groups is 1. The number of rotatable bonds is 7. The molecule has 1 amide bonds. The van der Waals surface area contributed by atoms with E-state index in [4.69, 9.17) is 5.26 Å². The van der Waals surface area contributed by atoms with E-state index < -0.39 is 5.82 Å². The van der Waals surface area contributed by atoms with Gasteiger partial charge in [-0.2, -0.15) is 5.26 Å². The lowest BCUT2D eigenvalue weighted by Crippen LogP contribution is -2.29. The van der Waals surface area contributed by atoms with Crippen molar-refractivity contribution in [2.45, 2.75) is 24.5 Å². The molecule has 8 nitrogen and oxygen atoms in total. The number of nitrogens with zero attached hydrogens (tertiary/aromatic N) is 5. The summed E-state index contributed by atoms with van der Waals surface area (Å²) in [5.41, 5.74) is 1.16. The Morgan fingerprint density at radius 3 is 2.72 bits per heavy atom. The van der Waals surface area contributed by atoms with Crippen molar-refractivity contribution in [3.05, 3.63) is 69.8 Å². The molecule has 1 N–H and O–H groups in total. The van der Waals surface area contributed by atoms with Gasteiger partial charge in [0.1, 0.15) is 5.82 Å². The van der Waals surface area contributed by atoms with Crippen molar-refractivity contribution in [2.24, 2.45) is 0 Å². The average Bonchev–Trinajstić information content (AvgIpc) is 3.22. The number of hydrogen-bond donors (Lipinski definition) is 1. The number of benzene rings is 2. The van der Waals surface area contributed by atoms with Crippen LogP contribution in [0.3, 0.4) is 0 Å². The quantitative estimate of drug-likeness (QED) is 0.343. The summed E-state index contributed by atoms with van der Waals surface area (Å²) in [6.07, 6.45) is 2.49. The van der Waals surface area contributed by atoms with E-state index >= 15 is 0 Å². The number of hydrogen-bond acceptors (Lipinski definition) is 6. The highest BCUT2D eigenvalue weighted by molar-refractivity contribution is 7.98. The van der Waals surface area contributed by atoms with Crippen molar-refractivity contribution in [3.63, 3.8) is 0 Å². The van der Waals surface area contributed by atoms with Gasteiger partial charge in [0.05, 0.1) is 29.0 Å². The standard InChI is InChI=1S/C22H19FN6O2S/c1-32-22-27-26-21-28(20(31)16-4-2-5-17(23)19(16)29(21)22)11-3-10-25-18(30)12-14-6-8-15(13-24)9-7-14/h2,4-9H,3,10-12H2,1H3,(H,25,30).